The van der Waals surface area contributed by atoms with E-state index in [-0.39, 0.29) is 31.1 Å². The van der Waals surface area contributed by atoms with Gasteiger partial charge in [0.2, 0.25) is 5.95 Å². The molecular formula is C24H28F3N5O2. The molecule has 0 saturated carbocycles. The lowest BCUT2D eigenvalue weighted by Gasteiger charge is -2.38. The van der Waals surface area contributed by atoms with Crippen LogP contribution in [0.5, 0.6) is 0 Å². The maximum Gasteiger partial charge on any atom is 0.220 e. The van der Waals surface area contributed by atoms with Gasteiger partial charge < -0.3 is 15.5 Å². The van der Waals surface area contributed by atoms with Crippen molar-refractivity contribution in [2.24, 2.45) is 0 Å². The summed E-state index contributed by atoms with van der Waals surface area (Å²) in [5.41, 5.74) is 3.02. The number of hydrogen-bond donors (Lipinski definition) is 3. The number of rotatable bonds is 7. The average Bonchev–Trinajstić information content (AvgIpc) is 3.29. The van der Waals surface area contributed by atoms with Crippen molar-refractivity contribution in [3.05, 3.63) is 59.7 Å². The number of aryl methyl sites for hydroxylation is 2. The number of piperidine rings is 1. The van der Waals surface area contributed by atoms with E-state index in [0.29, 0.717) is 41.0 Å². The van der Waals surface area contributed by atoms with Crippen LogP contribution in [0.3, 0.4) is 0 Å². The molecular weight excluding hydrogens is 447 g/mol. The molecule has 1 fully saturated rings. The number of aliphatic hydroxyl groups is 2. The van der Waals surface area contributed by atoms with Crippen LogP contribution < -0.4 is 5.32 Å². The minimum atomic E-state index is -1.24. The zero-order chi connectivity index (χ0) is 24.4. The Hall–Kier alpha value is -2.95. The van der Waals surface area contributed by atoms with E-state index in [1.807, 2.05) is 0 Å². The molecule has 34 heavy (non-hydrogen) atoms. The van der Waals surface area contributed by atoms with E-state index in [4.69, 9.17) is 0 Å². The Kier molecular flexibility index (Phi) is 7.20. The Bertz CT molecular complexity index is 1150. The van der Waals surface area contributed by atoms with Crippen molar-refractivity contribution in [3.8, 4) is 16.8 Å². The van der Waals surface area contributed by atoms with Gasteiger partial charge in [0.15, 0.2) is 0 Å². The first-order valence-corrected chi connectivity index (χ1v) is 11.1. The molecule has 182 valence electrons. The standard InChI is InChI=1S/C24H28F3N5O2/c1-14-6-23(15(2)5-20(14)25)32-10-16(8-29-32)19-7-17(9-28-24(19)27)30-22-3-4-31(11-21(22)26)18(12-33)13-34/h5-10,18,21-22,30,33-34H,3-4,11-13H2,1-2H3. The molecule has 1 aliphatic heterocycles. The fraction of sp³-hybridized carbons (Fsp3) is 0.417. The number of alkyl halides is 1. The van der Waals surface area contributed by atoms with E-state index in [1.165, 1.54) is 18.5 Å². The number of aliphatic hydroxyl groups excluding tert-OH is 2. The van der Waals surface area contributed by atoms with E-state index >= 15 is 0 Å². The first-order valence-electron chi connectivity index (χ1n) is 11.1. The van der Waals surface area contributed by atoms with Crippen LogP contribution in [0.2, 0.25) is 0 Å². The maximum atomic E-state index is 14.8. The van der Waals surface area contributed by atoms with Gasteiger partial charge in [0.05, 0.1) is 49.1 Å². The Morgan fingerprint density at radius 2 is 1.88 bits per heavy atom. The molecule has 1 aliphatic rings. The van der Waals surface area contributed by atoms with Gasteiger partial charge in [-0.25, -0.2) is 18.4 Å². The molecule has 2 unspecified atom stereocenters. The fourth-order valence-corrected chi connectivity index (χ4v) is 4.26. The average molecular weight is 476 g/mol. The van der Waals surface area contributed by atoms with Crippen molar-refractivity contribution < 1.29 is 23.4 Å². The minimum Gasteiger partial charge on any atom is -0.395 e. The Morgan fingerprint density at radius 3 is 2.59 bits per heavy atom. The highest BCUT2D eigenvalue weighted by Crippen LogP contribution is 2.28. The third-order valence-corrected chi connectivity index (χ3v) is 6.32. The molecule has 1 aromatic carbocycles. The molecule has 0 aliphatic carbocycles. The summed E-state index contributed by atoms with van der Waals surface area (Å²) in [5.74, 6) is -0.986. The molecule has 7 nitrogen and oxygen atoms in total. The predicted molar refractivity (Wildman–Crippen MR) is 123 cm³/mol. The maximum absolute atomic E-state index is 14.8. The number of pyridine rings is 1. The first-order chi connectivity index (χ1) is 16.3. The Labute approximate surface area is 195 Å². The summed E-state index contributed by atoms with van der Waals surface area (Å²) in [5, 5.41) is 26.1. The van der Waals surface area contributed by atoms with Gasteiger partial charge in [0.1, 0.15) is 12.0 Å². The van der Waals surface area contributed by atoms with E-state index in [9.17, 15) is 23.4 Å². The van der Waals surface area contributed by atoms with Crippen molar-refractivity contribution >= 4 is 5.69 Å². The molecule has 1 saturated heterocycles. The molecule has 0 bridgehead atoms. The van der Waals surface area contributed by atoms with Crippen LogP contribution >= 0.6 is 0 Å². The molecule has 3 N–H and O–H groups in total. The summed E-state index contributed by atoms with van der Waals surface area (Å²) in [4.78, 5) is 5.55. The van der Waals surface area contributed by atoms with E-state index in [2.05, 4.69) is 15.4 Å². The third-order valence-electron chi connectivity index (χ3n) is 6.32. The molecule has 0 spiro atoms. The number of benzene rings is 1. The number of likely N-dealkylation sites (tertiary alicyclic amines) is 1. The van der Waals surface area contributed by atoms with Crippen molar-refractivity contribution in [1.29, 1.82) is 0 Å². The van der Waals surface area contributed by atoms with E-state index < -0.39 is 24.2 Å². The van der Waals surface area contributed by atoms with Crippen molar-refractivity contribution in [1.82, 2.24) is 19.7 Å². The van der Waals surface area contributed by atoms with Gasteiger partial charge in [-0.15, -0.1) is 0 Å². The zero-order valence-corrected chi connectivity index (χ0v) is 19.0. The van der Waals surface area contributed by atoms with Gasteiger partial charge in [-0.3, -0.25) is 4.90 Å². The SMILES string of the molecule is Cc1cc(-n2cc(-c3cc(NC4CCN(C(CO)CO)CC4F)cnc3F)cn2)c(C)cc1F. The van der Waals surface area contributed by atoms with Crippen LogP contribution in [0.1, 0.15) is 17.5 Å². The Balaban J connectivity index is 1.52. The fourth-order valence-electron chi connectivity index (χ4n) is 4.26. The van der Waals surface area contributed by atoms with Gasteiger partial charge >= 0.3 is 0 Å². The summed E-state index contributed by atoms with van der Waals surface area (Å²) >= 11 is 0. The zero-order valence-electron chi connectivity index (χ0n) is 19.0. The quantitative estimate of drug-likeness (QED) is 0.456. The summed E-state index contributed by atoms with van der Waals surface area (Å²) in [6, 6.07) is 3.68. The second-order valence-electron chi connectivity index (χ2n) is 8.69. The smallest absolute Gasteiger partial charge is 0.220 e. The number of nitrogens with one attached hydrogen (secondary N) is 1. The lowest BCUT2D eigenvalue weighted by Crippen LogP contribution is -2.53. The highest BCUT2D eigenvalue weighted by molar-refractivity contribution is 5.67. The molecule has 2 aromatic heterocycles. The van der Waals surface area contributed by atoms with E-state index in [0.717, 1.165) is 0 Å². The van der Waals surface area contributed by atoms with Crippen molar-refractivity contribution in [2.75, 3.05) is 31.6 Å². The number of aromatic nitrogens is 3. The van der Waals surface area contributed by atoms with Gasteiger partial charge in [-0.05, 0) is 49.6 Å². The van der Waals surface area contributed by atoms with Crippen LogP contribution in [0.25, 0.3) is 16.8 Å². The summed E-state index contributed by atoms with van der Waals surface area (Å²) in [6.07, 6.45) is 3.67. The molecule has 3 aromatic rings. The number of halogens is 3. The Morgan fingerprint density at radius 1 is 1.12 bits per heavy atom. The lowest BCUT2D eigenvalue weighted by atomic mass is 10.0. The summed E-state index contributed by atoms with van der Waals surface area (Å²) in [6.45, 7) is 3.54. The molecule has 0 amide bonds. The largest absolute Gasteiger partial charge is 0.395 e. The highest BCUT2D eigenvalue weighted by Gasteiger charge is 2.32. The predicted octanol–water partition coefficient (Wildman–Crippen LogP) is 3.01. The minimum absolute atomic E-state index is 0.0775. The van der Waals surface area contributed by atoms with Crippen molar-refractivity contribution in [2.45, 2.75) is 38.5 Å². The molecule has 2 atom stereocenters. The molecule has 4 rings (SSSR count). The van der Waals surface area contributed by atoms with E-state index in [1.54, 1.807) is 41.8 Å². The third kappa shape index (κ3) is 4.94. The molecule has 10 heteroatoms. The second kappa shape index (κ2) is 10.1. The highest BCUT2D eigenvalue weighted by atomic mass is 19.1. The van der Waals surface area contributed by atoms with Gasteiger partial charge in [-0.1, -0.05) is 0 Å². The monoisotopic (exact) mass is 475 g/mol. The van der Waals surface area contributed by atoms with Crippen LogP contribution in [-0.4, -0.2) is 74.4 Å². The number of nitrogens with zero attached hydrogens (tertiary/aromatic N) is 4. The van der Waals surface area contributed by atoms with Crippen LogP contribution in [0, 0.1) is 25.6 Å². The van der Waals surface area contributed by atoms with Gasteiger partial charge in [-0.2, -0.15) is 9.49 Å². The first kappa shape index (κ1) is 24.2. The topological polar surface area (TPSA) is 86.4 Å². The molecule has 0 radical (unpaired) electrons. The summed E-state index contributed by atoms with van der Waals surface area (Å²) in [7, 11) is 0. The molecule has 3 heterocycles. The van der Waals surface area contributed by atoms with Crippen LogP contribution in [-0.2, 0) is 0 Å². The number of anilines is 1. The van der Waals surface area contributed by atoms with Gasteiger partial charge in [0, 0.05) is 30.4 Å². The van der Waals surface area contributed by atoms with Crippen LogP contribution in [0.4, 0.5) is 18.9 Å². The normalized spacial score (nSPS) is 19.1. The summed E-state index contributed by atoms with van der Waals surface area (Å²) < 4.78 is 44.8. The van der Waals surface area contributed by atoms with Gasteiger partial charge in [0.25, 0.3) is 0 Å². The lowest BCUT2D eigenvalue weighted by molar-refractivity contribution is 0.0310. The van der Waals surface area contributed by atoms with Crippen molar-refractivity contribution in [3.63, 3.8) is 0 Å². The second-order valence-corrected chi connectivity index (χ2v) is 8.69. The van der Waals surface area contributed by atoms with Crippen LogP contribution in [0.15, 0.2) is 36.8 Å². The number of hydrogen-bond acceptors (Lipinski definition) is 6.